The molecule has 1 rings (SSSR count). The maximum atomic E-state index is 11.6. The van der Waals surface area contributed by atoms with E-state index in [9.17, 15) is 4.79 Å². The van der Waals surface area contributed by atoms with E-state index in [2.05, 4.69) is 22.5 Å². The fourth-order valence-electron chi connectivity index (χ4n) is 2.03. The molecule has 0 aromatic heterocycles. The predicted molar refractivity (Wildman–Crippen MR) is 66.0 cm³/mol. The van der Waals surface area contributed by atoms with E-state index in [1.807, 2.05) is 0 Å². The molecule has 1 amide bonds. The Kier molecular flexibility index (Phi) is 6.67. The molecule has 3 nitrogen and oxygen atoms in total. The van der Waals surface area contributed by atoms with Crippen LogP contribution in [0.4, 0.5) is 0 Å². The van der Waals surface area contributed by atoms with E-state index < -0.39 is 0 Å². The van der Waals surface area contributed by atoms with Gasteiger partial charge in [-0.2, -0.15) is 0 Å². The van der Waals surface area contributed by atoms with Gasteiger partial charge in [-0.05, 0) is 19.8 Å². The van der Waals surface area contributed by atoms with Gasteiger partial charge in [0.2, 0.25) is 5.91 Å². The maximum absolute atomic E-state index is 11.6. The Morgan fingerprint density at radius 3 is 2.56 bits per heavy atom. The summed E-state index contributed by atoms with van der Waals surface area (Å²) < 4.78 is 0. The van der Waals surface area contributed by atoms with Crippen LogP contribution in [0.5, 0.6) is 0 Å². The van der Waals surface area contributed by atoms with Gasteiger partial charge in [0.15, 0.2) is 0 Å². The highest BCUT2D eigenvalue weighted by atomic mass is 16.1. The Bertz CT molecular complexity index is 257. The molecule has 1 aliphatic rings. The van der Waals surface area contributed by atoms with E-state index in [1.165, 1.54) is 25.7 Å². The Hall–Kier alpha value is -1.01. The van der Waals surface area contributed by atoms with Gasteiger partial charge in [0.05, 0.1) is 13.1 Å². The molecule has 0 bridgehead atoms. The van der Waals surface area contributed by atoms with Crippen molar-refractivity contribution in [3.05, 3.63) is 0 Å². The summed E-state index contributed by atoms with van der Waals surface area (Å²) >= 11 is 0. The second-order valence-electron chi connectivity index (χ2n) is 4.29. The lowest BCUT2D eigenvalue weighted by atomic mass is 10.1. The van der Waals surface area contributed by atoms with Crippen LogP contribution >= 0.6 is 0 Å². The van der Waals surface area contributed by atoms with Gasteiger partial charge in [-0.3, -0.25) is 10.1 Å². The number of nitrogens with one attached hydrogen (secondary N) is 2. The summed E-state index contributed by atoms with van der Waals surface area (Å²) in [6, 6.07) is 0.397. The topological polar surface area (TPSA) is 41.1 Å². The highest BCUT2D eigenvalue weighted by Gasteiger charge is 2.13. The van der Waals surface area contributed by atoms with E-state index >= 15 is 0 Å². The van der Waals surface area contributed by atoms with Crippen molar-refractivity contribution in [2.45, 2.75) is 51.5 Å². The van der Waals surface area contributed by atoms with E-state index in [-0.39, 0.29) is 5.91 Å². The first-order chi connectivity index (χ1) is 7.83. The molecule has 1 aliphatic carbocycles. The van der Waals surface area contributed by atoms with Crippen molar-refractivity contribution in [1.29, 1.82) is 0 Å². The molecule has 0 saturated heterocycles. The monoisotopic (exact) mass is 222 g/mol. The molecule has 90 valence electrons. The first kappa shape index (κ1) is 13.1. The van der Waals surface area contributed by atoms with Gasteiger partial charge in [0.25, 0.3) is 0 Å². The van der Waals surface area contributed by atoms with Crippen LogP contribution in [0.15, 0.2) is 0 Å². The van der Waals surface area contributed by atoms with Crippen LogP contribution in [-0.2, 0) is 4.79 Å². The zero-order chi connectivity index (χ0) is 11.6. The SMILES string of the molecule is CC#CCNCC(=O)NC1CCCCCC1. The van der Waals surface area contributed by atoms with Gasteiger partial charge in [0, 0.05) is 6.04 Å². The van der Waals surface area contributed by atoms with Gasteiger partial charge in [-0.25, -0.2) is 0 Å². The van der Waals surface area contributed by atoms with Crippen molar-refractivity contribution >= 4 is 5.91 Å². The van der Waals surface area contributed by atoms with E-state index in [1.54, 1.807) is 6.92 Å². The molecule has 16 heavy (non-hydrogen) atoms. The Balaban J connectivity index is 2.13. The highest BCUT2D eigenvalue weighted by molar-refractivity contribution is 5.78. The zero-order valence-electron chi connectivity index (χ0n) is 10.1. The van der Waals surface area contributed by atoms with Crippen molar-refractivity contribution in [2.24, 2.45) is 0 Å². The quantitative estimate of drug-likeness (QED) is 0.429. The number of rotatable bonds is 4. The fraction of sp³-hybridized carbons (Fsp3) is 0.769. The normalized spacial score (nSPS) is 17.1. The number of hydrogen-bond acceptors (Lipinski definition) is 2. The molecule has 0 aromatic carbocycles. The summed E-state index contributed by atoms with van der Waals surface area (Å²) in [5.41, 5.74) is 0. The molecule has 3 heteroatoms. The molecule has 1 fully saturated rings. The summed E-state index contributed by atoms with van der Waals surface area (Å²) in [7, 11) is 0. The summed E-state index contributed by atoms with van der Waals surface area (Å²) in [6.45, 7) is 2.77. The molecule has 0 heterocycles. The van der Waals surface area contributed by atoms with Crippen LogP contribution in [0.25, 0.3) is 0 Å². The van der Waals surface area contributed by atoms with Crippen LogP contribution in [-0.4, -0.2) is 25.0 Å². The van der Waals surface area contributed by atoms with Gasteiger partial charge in [-0.1, -0.05) is 31.6 Å². The third-order valence-electron chi connectivity index (χ3n) is 2.90. The minimum absolute atomic E-state index is 0.102. The zero-order valence-corrected chi connectivity index (χ0v) is 10.1. The minimum atomic E-state index is 0.102. The van der Waals surface area contributed by atoms with Crippen molar-refractivity contribution < 1.29 is 4.79 Å². The molecule has 0 spiro atoms. The molecule has 0 radical (unpaired) electrons. The van der Waals surface area contributed by atoms with E-state index in [0.29, 0.717) is 19.1 Å². The lowest BCUT2D eigenvalue weighted by Crippen LogP contribution is -2.40. The molecular formula is C13H22N2O. The average molecular weight is 222 g/mol. The standard InChI is InChI=1S/C13H22N2O/c1-2-3-10-14-11-13(16)15-12-8-6-4-5-7-9-12/h12,14H,4-11H2,1H3,(H,15,16). The van der Waals surface area contributed by atoms with Crippen LogP contribution in [0.3, 0.4) is 0 Å². The molecule has 0 aliphatic heterocycles. The number of hydrogen-bond donors (Lipinski definition) is 2. The van der Waals surface area contributed by atoms with Crippen LogP contribution in [0, 0.1) is 11.8 Å². The van der Waals surface area contributed by atoms with Crippen molar-refractivity contribution in [2.75, 3.05) is 13.1 Å². The molecule has 2 N–H and O–H groups in total. The van der Waals surface area contributed by atoms with Crippen LogP contribution < -0.4 is 10.6 Å². The van der Waals surface area contributed by atoms with Crippen molar-refractivity contribution in [3.8, 4) is 11.8 Å². The predicted octanol–water partition coefficient (Wildman–Crippen LogP) is 1.44. The fourth-order valence-corrected chi connectivity index (χ4v) is 2.03. The lowest BCUT2D eigenvalue weighted by Gasteiger charge is -2.16. The number of carbonyl (C=O) groups is 1. The lowest BCUT2D eigenvalue weighted by molar-refractivity contribution is -0.121. The second kappa shape index (κ2) is 8.18. The maximum Gasteiger partial charge on any atom is 0.234 e. The van der Waals surface area contributed by atoms with Gasteiger partial charge >= 0.3 is 0 Å². The molecule has 0 atom stereocenters. The Morgan fingerprint density at radius 2 is 1.94 bits per heavy atom. The van der Waals surface area contributed by atoms with E-state index in [0.717, 1.165) is 12.8 Å². The largest absolute Gasteiger partial charge is 0.352 e. The van der Waals surface area contributed by atoms with Gasteiger partial charge < -0.3 is 5.32 Å². The highest BCUT2D eigenvalue weighted by Crippen LogP contribution is 2.16. The van der Waals surface area contributed by atoms with E-state index in [4.69, 9.17) is 0 Å². The first-order valence-electron chi connectivity index (χ1n) is 6.22. The summed E-state index contributed by atoms with van der Waals surface area (Å²) in [6.07, 6.45) is 7.41. The van der Waals surface area contributed by atoms with Crippen molar-refractivity contribution in [3.63, 3.8) is 0 Å². The summed E-state index contributed by atoms with van der Waals surface area (Å²) in [5, 5.41) is 6.09. The first-order valence-corrected chi connectivity index (χ1v) is 6.22. The summed E-state index contributed by atoms with van der Waals surface area (Å²) in [5.74, 6) is 5.76. The number of amides is 1. The van der Waals surface area contributed by atoms with Gasteiger partial charge in [0.1, 0.15) is 0 Å². The molecule has 0 aromatic rings. The number of carbonyl (C=O) groups excluding carboxylic acids is 1. The smallest absolute Gasteiger partial charge is 0.234 e. The van der Waals surface area contributed by atoms with Gasteiger partial charge in [-0.15, -0.1) is 5.92 Å². The molecule has 0 unspecified atom stereocenters. The van der Waals surface area contributed by atoms with Crippen LogP contribution in [0.1, 0.15) is 45.4 Å². The Morgan fingerprint density at radius 1 is 1.25 bits per heavy atom. The van der Waals surface area contributed by atoms with Crippen LogP contribution in [0.2, 0.25) is 0 Å². The Labute approximate surface area is 98.4 Å². The van der Waals surface area contributed by atoms with Crippen molar-refractivity contribution in [1.82, 2.24) is 10.6 Å². The summed E-state index contributed by atoms with van der Waals surface area (Å²) in [4.78, 5) is 11.6. The third kappa shape index (κ3) is 5.77. The third-order valence-corrected chi connectivity index (χ3v) is 2.90. The minimum Gasteiger partial charge on any atom is -0.352 e. The average Bonchev–Trinajstić information content (AvgIpc) is 2.53. The molecular weight excluding hydrogens is 200 g/mol. The second-order valence-corrected chi connectivity index (χ2v) is 4.29. The molecule has 1 saturated carbocycles.